The maximum absolute atomic E-state index is 13.3. The van der Waals surface area contributed by atoms with Crippen LogP contribution in [0.15, 0.2) is 63.1 Å². The number of hydrogen-bond acceptors (Lipinski definition) is 7. The minimum atomic E-state index is -0.261. The Morgan fingerprint density at radius 2 is 2.03 bits per heavy atom. The summed E-state index contributed by atoms with van der Waals surface area (Å²) in [5.41, 5.74) is 1.73. The van der Waals surface area contributed by atoms with Crippen LogP contribution in [-0.4, -0.2) is 28.0 Å². The van der Waals surface area contributed by atoms with Gasteiger partial charge in [-0.15, -0.1) is 0 Å². The molecular weight excluding hydrogens is 466 g/mol. The van der Waals surface area contributed by atoms with Crippen LogP contribution in [0.2, 0.25) is 5.02 Å². The monoisotopic (exact) mass is 483 g/mol. The quantitative estimate of drug-likeness (QED) is 0.319. The summed E-state index contributed by atoms with van der Waals surface area (Å²) >= 11 is 7.30. The minimum absolute atomic E-state index is 0.0478. The van der Waals surface area contributed by atoms with E-state index in [-0.39, 0.29) is 30.6 Å². The van der Waals surface area contributed by atoms with Gasteiger partial charge in [0.25, 0.3) is 5.56 Å². The Morgan fingerprint density at radius 1 is 1.21 bits per heavy atom. The fourth-order valence-corrected chi connectivity index (χ4v) is 4.38. The average molecular weight is 484 g/mol. The molecule has 2 aromatic carbocycles. The minimum Gasteiger partial charge on any atom is -0.467 e. The topological polar surface area (TPSA) is 95.6 Å². The number of halogens is 1. The molecule has 168 valence electrons. The first-order valence-electron chi connectivity index (χ1n) is 10.0. The normalized spacial score (nSPS) is 12.3. The van der Waals surface area contributed by atoms with Gasteiger partial charge in [-0.25, -0.2) is 4.98 Å². The van der Waals surface area contributed by atoms with Gasteiger partial charge in [0, 0.05) is 16.8 Å². The second-order valence-corrected chi connectivity index (χ2v) is 8.74. The van der Waals surface area contributed by atoms with E-state index in [2.05, 4.69) is 10.3 Å². The number of anilines is 1. The van der Waals surface area contributed by atoms with Crippen LogP contribution >= 0.6 is 23.4 Å². The number of furan rings is 1. The van der Waals surface area contributed by atoms with Gasteiger partial charge in [-0.05, 0) is 42.8 Å². The fourth-order valence-electron chi connectivity index (χ4n) is 3.40. The van der Waals surface area contributed by atoms with Crippen molar-refractivity contribution < 1.29 is 18.7 Å². The molecule has 10 heteroatoms. The lowest BCUT2D eigenvalue weighted by Gasteiger charge is -2.13. The van der Waals surface area contributed by atoms with E-state index < -0.39 is 0 Å². The Hall–Kier alpha value is -3.43. The van der Waals surface area contributed by atoms with Crippen molar-refractivity contribution in [2.75, 3.05) is 17.9 Å². The van der Waals surface area contributed by atoms with Gasteiger partial charge in [0.05, 0.1) is 29.5 Å². The number of carbonyl (C=O) groups is 1. The first-order valence-corrected chi connectivity index (χ1v) is 11.4. The molecule has 3 heterocycles. The van der Waals surface area contributed by atoms with E-state index in [0.29, 0.717) is 44.0 Å². The zero-order valence-corrected chi connectivity index (χ0v) is 19.0. The van der Waals surface area contributed by atoms with E-state index in [1.54, 1.807) is 42.7 Å². The highest BCUT2D eigenvalue weighted by atomic mass is 35.5. The molecule has 1 N–H and O–H groups in total. The van der Waals surface area contributed by atoms with Gasteiger partial charge in [-0.2, -0.15) is 0 Å². The Morgan fingerprint density at radius 3 is 2.79 bits per heavy atom. The third-order valence-corrected chi connectivity index (χ3v) is 6.48. The van der Waals surface area contributed by atoms with E-state index >= 15 is 0 Å². The zero-order chi connectivity index (χ0) is 22.9. The van der Waals surface area contributed by atoms with E-state index in [1.807, 2.05) is 13.0 Å². The third-order valence-electron chi connectivity index (χ3n) is 5.10. The molecule has 0 atom stereocenters. The van der Waals surface area contributed by atoms with E-state index in [9.17, 15) is 9.59 Å². The van der Waals surface area contributed by atoms with Gasteiger partial charge in [0.1, 0.15) is 5.76 Å². The summed E-state index contributed by atoms with van der Waals surface area (Å²) in [5, 5.41) is 4.17. The van der Waals surface area contributed by atoms with Crippen molar-refractivity contribution in [3.63, 3.8) is 0 Å². The molecule has 0 saturated carbocycles. The zero-order valence-electron chi connectivity index (χ0n) is 17.5. The maximum atomic E-state index is 13.3. The van der Waals surface area contributed by atoms with Crippen molar-refractivity contribution in [1.29, 1.82) is 0 Å². The van der Waals surface area contributed by atoms with Crippen LogP contribution < -0.4 is 20.3 Å². The predicted octanol–water partition coefficient (Wildman–Crippen LogP) is 4.46. The fraction of sp³-hybridized carbons (Fsp3) is 0.174. The summed E-state index contributed by atoms with van der Waals surface area (Å²) < 4.78 is 17.7. The Labute approximate surface area is 197 Å². The second-order valence-electron chi connectivity index (χ2n) is 7.39. The van der Waals surface area contributed by atoms with E-state index in [1.165, 1.54) is 4.57 Å². The van der Waals surface area contributed by atoms with Crippen LogP contribution in [0, 0.1) is 6.92 Å². The molecule has 0 aliphatic carbocycles. The number of hydrogen-bond donors (Lipinski definition) is 1. The number of aryl methyl sites for hydroxylation is 1. The molecule has 0 spiro atoms. The van der Waals surface area contributed by atoms with Crippen molar-refractivity contribution in [1.82, 2.24) is 9.55 Å². The van der Waals surface area contributed by atoms with Gasteiger partial charge >= 0.3 is 0 Å². The number of amides is 1. The highest BCUT2D eigenvalue weighted by Gasteiger charge is 2.20. The molecule has 1 amide bonds. The molecule has 0 bridgehead atoms. The number of carbonyl (C=O) groups excluding carboxylic acids is 1. The molecule has 0 radical (unpaired) electrons. The van der Waals surface area contributed by atoms with Crippen LogP contribution in [0.25, 0.3) is 10.9 Å². The van der Waals surface area contributed by atoms with Gasteiger partial charge < -0.3 is 19.2 Å². The Bertz CT molecular complexity index is 1420. The summed E-state index contributed by atoms with van der Waals surface area (Å²) in [6.07, 6.45) is 1.54. The number of ether oxygens (including phenoxy) is 2. The van der Waals surface area contributed by atoms with E-state index in [0.717, 1.165) is 17.3 Å². The lowest BCUT2D eigenvalue weighted by Crippen LogP contribution is -2.24. The maximum Gasteiger partial charge on any atom is 0.262 e. The van der Waals surface area contributed by atoms with Gasteiger partial charge in [0.2, 0.25) is 12.7 Å². The van der Waals surface area contributed by atoms with Crippen molar-refractivity contribution in [3.8, 4) is 11.5 Å². The molecular formula is C23H18ClN3O5S. The molecule has 0 saturated heterocycles. The first kappa shape index (κ1) is 21.4. The number of nitrogens with one attached hydrogen (secondary N) is 1. The molecule has 33 heavy (non-hydrogen) atoms. The number of nitrogens with zero attached hydrogens (tertiary/aromatic N) is 2. The van der Waals surface area contributed by atoms with E-state index in [4.69, 9.17) is 25.5 Å². The lowest BCUT2D eigenvalue weighted by atomic mass is 10.2. The summed E-state index contributed by atoms with van der Waals surface area (Å²) in [4.78, 5) is 30.6. The van der Waals surface area contributed by atoms with Crippen molar-refractivity contribution in [2.24, 2.45) is 0 Å². The average Bonchev–Trinajstić information content (AvgIpc) is 3.47. The SMILES string of the molecule is Cc1ccc(NC(=O)CSc2nc3cc4c(cc3c(=O)n2Cc2ccco2)OCO4)cc1Cl. The first-order chi connectivity index (χ1) is 16.0. The smallest absolute Gasteiger partial charge is 0.262 e. The molecule has 4 aromatic rings. The number of fused-ring (bicyclic) bond motifs is 2. The molecule has 0 fully saturated rings. The van der Waals surface area contributed by atoms with Crippen LogP contribution in [0.3, 0.4) is 0 Å². The summed E-state index contributed by atoms with van der Waals surface area (Å²) in [5.74, 6) is 1.43. The largest absolute Gasteiger partial charge is 0.467 e. The standard InChI is InChI=1S/C23H18ClN3O5S/c1-13-4-5-14(7-17(13)24)25-21(28)11-33-23-26-18-9-20-19(31-12-32-20)8-16(18)22(29)27(23)10-15-3-2-6-30-15/h2-9H,10-12H2,1H3,(H,25,28). The third kappa shape index (κ3) is 4.42. The number of rotatable bonds is 6. The molecule has 1 aliphatic heterocycles. The van der Waals surface area contributed by atoms with Crippen molar-refractivity contribution in [3.05, 3.63) is 75.4 Å². The molecule has 5 rings (SSSR count). The molecule has 8 nitrogen and oxygen atoms in total. The number of aromatic nitrogens is 2. The van der Waals surface area contributed by atoms with Gasteiger partial charge in [-0.3, -0.25) is 14.2 Å². The van der Waals surface area contributed by atoms with Crippen molar-refractivity contribution in [2.45, 2.75) is 18.6 Å². The number of thioether (sulfide) groups is 1. The van der Waals surface area contributed by atoms with Crippen LogP contribution in [-0.2, 0) is 11.3 Å². The predicted molar refractivity (Wildman–Crippen MR) is 125 cm³/mol. The van der Waals surface area contributed by atoms with Crippen LogP contribution in [0.1, 0.15) is 11.3 Å². The molecule has 2 aromatic heterocycles. The van der Waals surface area contributed by atoms with Crippen molar-refractivity contribution >= 4 is 45.9 Å². The summed E-state index contributed by atoms with van der Waals surface area (Å²) in [6.45, 7) is 2.16. The highest BCUT2D eigenvalue weighted by Crippen LogP contribution is 2.35. The van der Waals surface area contributed by atoms with Crippen LogP contribution in [0.5, 0.6) is 11.5 Å². The van der Waals surface area contributed by atoms with Gasteiger partial charge in [0.15, 0.2) is 16.7 Å². The van der Waals surface area contributed by atoms with Crippen LogP contribution in [0.4, 0.5) is 5.69 Å². The molecule has 0 unspecified atom stereocenters. The Balaban J connectivity index is 1.45. The Kier molecular flexibility index (Phi) is 5.74. The second kappa shape index (κ2) is 8.84. The lowest BCUT2D eigenvalue weighted by molar-refractivity contribution is -0.113. The summed E-state index contributed by atoms with van der Waals surface area (Å²) in [6, 6.07) is 12.2. The number of benzene rings is 2. The summed E-state index contributed by atoms with van der Waals surface area (Å²) in [7, 11) is 0. The van der Waals surface area contributed by atoms with Gasteiger partial charge in [-0.1, -0.05) is 29.4 Å². The molecule has 1 aliphatic rings. The highest BCUT2D eigenvalue weighted by molar-refractivity contribution is 7.99.